The average molecular weight is 168 g/mol. The number of aromatic nitrogens is 1. The lowest BCUT2D eigenvalue weighted by molar-refractivity contribution is 0.414. The summed E-state index contributed by atoms with van der Waals surface area (Å²) in [7, 11) is 3.45. The molecule has 1 aromatic rings. The van der Waals surface area contributed by atoms with E-state index in [4.69, 9.17) is 4.74 Å². The summed E-state index contributed by atoms with van der Waals surface area (Å²) in [6.07, 6.45) is 1.70. The molecule has 1 N–H and O–H groups in total. The SMILES string of the molecule is CC.CNc1cc(OC)ccn1. The molecule has 1 rings (SSSR count). The van der Waals surface area contributed by atoms with Crippen LogP contribution >= 0.6 is 0 Å². The van der Waals surface area contributed by atoms with Gasteiger partial charge in [-0.2, -0.15) is 0 Å². The zero-order valence-electron chi connectivity index (χ0n) is 8.09. The van der Waals surface area contributed by atoms with Gasteiger partial charge in [-0.3, -0.25) is 0 Å². The maximum absolute atomic E-state index is 4.98. The van der Waals surface area contributed by atoms with E-state index in [0.717, 1.165) is 11.6 Å². The van der Waals surface area contributed by atoms with Gasteiger partial charge in [0.15, 0.2) is 0 Å². The Labute approximate surface area is 73.8 Å². The monoisotopic (exact) mass is 168 g/mol. The van der Waals surface area contributed by atoms with Gasteiger partial charge in [0, 0.05) is 19.3 Å². The number of hydrogen-bond donors (Lipinski definition) is 1. The van der Waals surface area contributed by atoms with Gasteiger partial charge in [-0.1, -0.05) is 13.8 Å². The molecule has 0 atom stereocenters. The Kier molecular flexibility index (Phi) is 5.79. The Morgan fingerprint density at radius 2 is 2.08 bits per heavy atom. The van der Waals surface area contributed by atoms with Crippen molar-refractivity contribution in [1.29, 1.82) is 0 Å². The summed E-state index contributed by atoms with van der Waals surface area (Å²) in [5.41, 5.74) is 0. The molecule has 3 nitrogen and oxygen atoms in total. The molecular formula is C9H16N2O. The van der Waals surface area contributed by atoms with Crippen molar-refractivity contribution in [3.8, 4) is 5.75 Å². The molecule has 0 aliphatic rings. The van der Waals surface area contributed by atoms with Crippen molar-refractivity contribution in [3.63, 3.8) is 0 Å². The van der Waals surface area contributed by atoms with Crippen LogP contribution in [-0.4, -0.2) is 19.1 Å². The second kappa shape index (κ2) is 6.46. The van der Waals surface area contributed by atoms with Crippen LogP contribution in [0.25, 0.3) is 0 Å². The largest absolute Gasteiger partial charge is 0.497 e. The van der Waals surface area contributed by atoms with Crippen LogP contribution in [0.1, 0.15) is 13.8 Å². The van der Waals surface area contributed by atoms with Crippen LogP contribution in [0.15, 0.2) is 18.3 Å². The van der Waals surface area contributed by atoms with E-state index >= 15 is 0 Å². The molecule has 0 aliphatic heterocycles. The first-order valence-electron chi connectivity index (χ1n) is 4.04. The molecule has 0 amide bonds. The van der Waals surface area contributed by atoms with E-state index < -0.39 is 0 Å². The highest BCUT2D eigenvalue weighted by atomic mass is 16.5. The van der Waals surface area contributed by atoms with Crippen LogP contribution in [0.5, 0.6) is 5.75 Å². The summed E-state index contributed by atoms with van der Waals surface area (Å²) in [5, 5.41) is 2.91. The Bertz CT molecular complexity index is 194. The second-order valence-electron chi connectivity index (χ2n) is 1.83. The van der Waals surface area contributed by atoms with Crippen molar-refractivity contribution in [3.05, 3.63) is 18.3 Å². The number of pyridine rings is 1. The van der Waals surface area contributed by atoms with E-state index in [1.54, 1.807) is 19.4 Å². The lowest BCUT2D eigenvalue weighted by Crippen LogP contribution is -1.92. The van der Waals surface area contributed by atoms with Gasteiger partial charge in [0.25, 0.3) is 0 Å². The van der Waals surface area contributed by atoms with Crippen molar-refractivity contribution in [2.24, 2.45) is 0 Å². The van der Waals surface area contributed by atoms with Crippen molar-refractivity contribution >= 4 is 5.82 Å². The lowest BCUT2D eigenvalue weighted by atomic mass is 10.4. The zero-order valence-corrected chi connectivity index (χ0v) is 8.09. The quantitative estimate of drug-likeness (QED) is 0.734. The normalized spacial score (nSPS) is 8.00. The fourth-order valence-corrected chi connectivity index (χ4v) is 0.675. The van der Waals surface area contributed by atoms with Crippen molar-refractivity contribution in [2.45, 2.75) is 13.8 Å². The molecule has 0 saturated carbocycles. The number of anilines is 1. The van der Waals surface area contributed by atoms with Gasteiger partial charge in [-0.15, -0.1) is 0 Å². The van der Waals surface area contributed by atoms with Gasteiger partial charge in [0.1, 0.15) is 11.6 Å². The number of rotatable bonds is 2. The van der Waals surface area contributed by atoms with Crippen molar-refractivity contribution in [2.75, 3.05) is 19.5 Å². The van der Waals surface area contributed by atoms with Gasteiger partial charge in [-0.25, -0.2) is 4.98 Å². The number of nitrogens with one attached hydrogen (secondary N) is 1. The third-order valence-electron chi connectivity index (χ3n) is 1.22. The summed E-state index contributed by atoms with van der Waals surface area (Å²) >= 11 is 0. The smallest absolute Gasteiger partial charge is 0.129 e. The minimum Gasteiger partial charge on any atom is -0.497 e. The van der Waals surface area contributed by atoms with Crippen LogP contribution in [0.2, 0.25) is 0 Å². The fourth-order valence-electron chi connectivity index (χ4n) is 0.675. The predicted octanol–water partition coefficient (Wildman–Crippen LogP) is 2.16. The van der Waals surface area contributed by atoms with Gasteiger partial charge in [0.2, 0.25) is 0 Å². The molecule has 1 aromatic heterocycles. The van der Waals surface area contributed by atoms with E-state index in [0.29, 0.717) is 0 Å². The minimum atomic E-state index is 0.819. The predicted molar refractivity (Wildman–Crippen MR) is 51.7 cm³/mol. The van der Waals surface area contributed by atoms with Gasteiger partial charge in [0.05, 0.1) is 7.11 Å². The first-order chi connectivity index (χ1) is 5.86. The fraction of sp³-hybridized carbons (Fsp3) is 0.444. The molecule has 1 heterocycles. The molecule has 0 unspecified atom stereocenters. The van der Waals surface area contributed by atoms with Crippen molar-refractivity contribution in [1.82, 2.24) is 4.98 Å². The first kappa shape index (κ1) is 10.8. The average Bonchev–Trinajstić information content (AvgIpc) is 2.21. The summed E-state index contributed by atoms with van der Waals surface area (Å²) in [6.45, 7) is 4.00. The summed E-state index contributed by atoms with van der Waals surface area (Å²) in [6, 6.07) is 3.64. The second-order valence-corrected chi connectivity index (χ2v) is 1.83. The minimum absolute atomic E-state index is 0.819. The highest BCUT2D eigenvalue weighted by molar-refractivity contribution is 5.39. The first-order valence-corrected chi connectivity index (χ1v) is 4.04. The molecule has 0 aliphatic carbocycles. The molecule has 0 bridgehead atoms. The molecule has 0 saturated heterocycles. The summed E-state index contributed by atoms with van der Waals surface area (Å²) < 4.78 is 4.98. The molecular weight excluding hydrogens is 152 g/mol. The molecule has 68 valence electrons. The summed E-state index contributed by atoms with van der Waals surface area (Å²) in [5.74, 6) is 1.64. The molecule has 12 heavy (non-hydrogen) atoms. The Morgan fingerprint density at radius 3 is 2.58 bits per heavy atom. The Hall–Kier alpha value is -1.25. The van der Waals surface area contributed by atoms with Crippen LogP contribution in [0, 0.1) is 0 Å². The topological polar surface area (TPSA) is 34.1 Å². The van der Waals surface area contributed by atoms with Crippen LogP contribution in [-0.2, 0) is 0 Å². The van der Waals surface area contributed by atoms with Gasteiger partial charge < -0.3 is 10.1 Å². The Balaban J connectivity index is 0.000000561. The molecule has 3 heteroatoms. The number of ether oxygens (including phenoxy) is 1. The third kappa shape index (κ3) is 3.23. The molecule has 0 fully saturated rings. The molecule has 0 radical (unpaired) electrons. The molecule has 0 spiro atoms. The zero-order chi connectivity index (χ0) is 9.40. The van der Waals surface area contributed by atoms with Crippen molar-refractivity contribution < 1.29 is 4.74 Å². The van der Waals surface area contributed by atoms with Crippen LogP contribution < -0.4 is 10.1 Å². The highest BCUT2D eigenvalue weighted by Gasteiger charge is 1.91. The molecule has 0 aromatic carbocycles. The maximum atomic E-state index is 4.98. The standard InChI is InChI=1S/C7H10N2O.C2H6/c1-8-7-5-6(10-2)3-4-9-7;1-2/h3-5H,1-2H3,(H,8,9);1-2H3. The number of methoxy groups -OCH3 is 1. The third-order valence-corrected chi connectivity index (χ3v) is 1.22. The van der Waals surface area contributed by atoms with E-state index in [9.17, 15) is 0 Å². The van der Waals surface area contributed by atoms with Gasteiger partial charge in [-0.05, 0) is 6.07 Å². The number of nitrogens with zero attached hydrogens (tertiary/aromatic N) is 1. The number of hydrogen-bond acceptors (Lipinski definition) is 3. The van der Waals surface area contributed by atoms with E-state index in [1.807, 2.05) is 27.0 Å². The van der Waals surface area contributed by atoms with Crippen LogP contribution in [0.4, 0.5) is 5.82 Å². The Morgan fingerprint density at radius 1 is 1.42 bits per heavy atom. The van der Waals surface area contributed by atoms with E-state index in [-0.39, 0.29) is 0 Å². The van der Waals surface area contributed by atoms with Crippen LogP contribution in [0.3, 0.4) is 0 Å². The van der Waals surface area contributed by atoms with E-state index in [2.05, 4.69) is 10.3 Å². The summed E-state index contributed by atoms with van der Waals surface area (Å²) in [4.78, 5) is 4.01. The van der Waals surface area contributed by atoms with Gasteiger partial charge >= 0.3 is 0 Å². The highest BCUT2D eigenvalue weighted by Crippen LogP contribution is 2.12. The lowest BCUT2D eigenvalue weighted by Gasteiger charge is -2.00. The van der Waals surface area contributed by atoms with E-state index in [1.165, 1.54) is 0 Å². The maximum Gasteiger partial charge on any atom is 0.129 e.